The van der Waals surface area contributed by atoms with Crippen LogP contribution in [0.15, 0.2) is 48.5 Å². The van der Waals surface area contributed by atoms with Gasteiger partial charge in [-0.3, -0.25) is 4.79 Å². The Morgan fingerprint density at radius 2 is 1.86 bits per heavy atom. The normalized spacial score (nSPS) is 11.3. The van der Waals surface area contributed by atoms with Crippen LogP contribution in [0.3, 0.4) is 0 Å². The summed E-state index contributed by atoms with van der Waals surface area (Å²) in [6.45, 7) is 2.57. The molecule has 0 saturated carbocycles. The van der Waals surface area contributed by atoms with Crippen molar-refractivity contribution >= 4 is 12.0 Å². The predicted octanol–water partition coefficient (Wildman–Crippen LogP) is 4.32. The number of carbonyl (C=O) groups is 1. The van der Waals surface area contributed by atoms with Crippen molar-refractivity contribution in [3.63, 3.8) is 0 Å². The number of carbonyl (C=O) groups excluding carboxylic acids is 1. The highest BCUT2D eigenvalue weighted by Crippen LogP contribution is 2.28. The molecule has 0 bridgehead atoms. The molecule has 2 aromatic carbocycles. The molecule has 0 aliphatic heterocycles. The standard InChI is InChI=1S/C20H20F3NO4/c1-3-27-17-10-8-14(12-18(17)26-2)13-24-19(25)11-9-15-6-4-5-7-16(15)28-20(21,22)23/h4-12H,3,13H2,1-2H3,(H,24,25)/b11-9+. The second kappa shape index (κ2) is 9.68. The van der Waals surface area contributed by atoms with E-state index in [1.807, 2.05) is 6.92 Å². The Labute approximate surface area is 160 Å². The minimum Gasteiger partial charge on any atom is -0.493 e. The van der Waals surface area contributed by atoms with E-state index in [1.54, 1.807) is 24.3 Å². The number of rotatable bonds is 8. The molecule has 28 heavy (non-hydrogen) atoms. The zero-order valence-corrected chi connectivity index (χ0v) is 15.4. The maximum Gasteiger partial charge on any atom is 0.573 e. The van der Waals surface area contributed by atoms with E-state index in [0.29, 0.717) is 18.1 Å². The Hall–Kier alpha value is -3.16. The van der Waals surface area contributed by atoms with Crippen LogP contribution in [0.4, 0.5) is 13.2 Å². The number of halogens is 3. The number of hydrogen-bond acceptors (Lipinski definition) is 4. The maximum absolute atomic E-state index is 12.4. The molecule has 0 saturated heterocycles. The van der Waals surface area contributed by atoms with Crippen LogP contribution in [0, 0.1) is 0 Å². The third-order valence-corrected chi connectivity index (χ3v) is 3.55. The Morgan fingerprint density at radius 3 is 2.54 bits per heavy atom. The van der Waals surface area contributed by atoms with E-state index < -0.39 is 12.3 Å². The van der Waals surface area contributed by atoms with Crippen molar-refractivity contribution < 1.29 is 32.2 Å². The lowest BCUT2D eigenvalue weighted by molar-refractivity contribution is -0.274. The summed E-state index contributed by atoms with van der Waals surface area (Å²) in [5.74, 6) is 0.300. The minimum atomic E-state index is -4.81. The second-order valence-electron chi connectivity index (χ2n) is 5.55. The first-order valence-electron chi connectivity index (χ1n) is 8.42. The van der Waals surface area contributed by atoms with Gasteiger partial charge < -0.3 is 19.5 Å². The minimum absolute atomic E-state index is 0.137. The highest BCUT2D eigenvalue weighted by molar-refractivity contribution is 5.92. The van der Waals surface area contributed by atoms with Gasteiger partial charge in [-0.05, 0) is 36.8 Å². The summed E-state index contributed by atoms with van der Waals surface area (Å²) in [6, 6.07) is 10.8. The van der Waals surface area contributed by atoms with E-state index in [9.17, 15) is 18.0 Å². The summed E-state index contributed by atoms with van der Waals surface area (Å²) in [7, 11) is 1.52. The molecule has 150 valence electrons. The van der Waals surface area contributed by atoms with E-state index >= 15 is 0 Å². The molecule has 0 fully saturated rings. The fraction of sp³-hybridized carbons (Fsp3) is 0.250. The van der Waals surface area contributed by atoms with Crippen LogP contribution >= 0.6 is 0 Å². The topological polar surface area (TPSA) is 56.8 Å². The van der Waals surface area contributed by atoms with Crippen LogP contribution in [-0.4, -0.2) is 26.0 Å². The Bertz CT molecular complexity index is 834. The number of nitrogens with one attached hydrogen (secondary N) is 1. The molecule has 0 radical (unpaired) electrons. The molecule has 2 rings (SSSR count). The molecule has 1 N–H and O–H groups in total. The van der Waals surface area contributed by atoms with Crippen LogP contribution < -0.4 is 19.5 Å². The molecule has 1 amide bonds. The lowest BCUT2D eigenvalue weighted by Gasteiger charge is -2.11. The molecule has 8 heteroatoms. The molecule has 0 aliphatic carbocycles. The third kappa shape index (κ3) is 6.53. The SMILES string of the molecule is CCOc1ccc(CNC(=O)/C=C/c2ccccc2OC(F)(F)F)cc1OC. The van der Waals surface area contributed by atoms with Crippen LogP contribution in [0.5, 0.6) is 17.2 Å². The first kappa shape index (κ1) is 21.1. The largest absolute Gasteiger partial charge is 0.573 e. The number of hydrogen-bond donors (Lipinski definition) is 1. The first-order chi connectivity index (χ1) is 13.3. The molecule has 0 unspecified atom stereocenters. The van der Waals surface area contributed by atoms with Crippen molar-refractivity contribution in [2.45, 2.75) is 19.8 Å². The van der Waals surface area contributed by atoms with Crippen LogP contribution in [0.25, 0.3) is 6.08 Å². The second-order valence-corrected chi connectivity index (χ2v) is 5.55. The van der Waals surface area contributed by atoms with Gasteiger partial charge in [0, 0.05) is 18.2 Å². The maximum atomic E-state index is 12.4. The van der Waals surface area contributed by atoms with Gasteiger partial charge in [0.1, 0.15) is 5.75 Å². The van der Waals surface area contributed by atoms with Gasteiger partial charge in [0.05, 0.1) is 13.7 Å². The smallest absolute Gasteiger partial charge is 0.493 e. The van der Waals surface area contributed by atoms with Gasteiger partial charge in [-0.25, -0.2) is 0 Å². The van der Waals surface area contributed by atoms with Gasteiger partial charge in [0.15, 0.2) is 11.5 Å². The van der Waals surface area contributed by atoms with E-state index in [2.05, 4.69) is 10.1 Å². The number of para-hydroxylation sites is 1. The molecule has 0 aliphatic rings. The van der Waals surface area contributed by atoms with E-state index in [0.717, 1.165) is 11.6 Å². The number of amides is 1. The summed E-state index contributed by atoms with van der Waals surface area (Å²) in [4.78, 5) is 12.0. The van der Waals surface area contributed by atoms with Crippen molar-refractivity contribution in [3.8, 4) is 17.2 Å². The van der Waals surface area contributed by atoms with Crippen LogP contribution in [0.2, 0.25) is 0 Å². The highest BCUT2D eigenvalue weighted by Gasteiger charge is 2.31. The fourth-order valence-corrected chi connectivity index (χ4v) is 2.35. The van der Waals surface area contributed by atoms with Crippen molar-refractivity contribution in [2.24, 2.45) is 0 Å². The molecule has 5 nitrogen and oxygen atoms in total. The number of ether oxygens (including phenoxy) is 3. The van der Waals surface area contributed by atoms with E-state index in [1.165, 1.54) is 31.4 Å². The zero-order valence-electron chi connectivity index (χ0n) is 15.4. The average molecular weight is 395 g/mol. The average Bonchev–Trinajstić information content (AvgIpc) is 2.65. The summed E-state index contributed by atoms with van der Waals surface area (Å²) in [5, 5.41) is 2.65. The van der Waals surface area contributed by atoms with E-state index in [-0.39, 0.29) is 17.9 Å². The third-order valence-electron chi connectivity index (χ3n) is 3.55. The number of benzene rings is 2. The van der Waals surface area contributed by atoms with Gasteiger partial charge in [0.2, 0.25) is 5.91 Å². The Balaban J connectivity index is 2.00. The molecule has 0 aromatic heterocycles. The van der Waals surface area contributed by atoms with Gasteiger partial charge >= 0.3 is 6.36 Å². The summed E-state index contributed by atoms with van der Waals surface area (Å²) >= 11 is 0. The van der Waals surface area contributed by atoms with Gasteiger partial charge in [-0.1, -0.05) is 24.3 Å². The van der Waals surface area contributed by atoms with Crippen LogP contribution in [-0.2, 0) is 11.3 Å². The summed E-state index contributed by atoms with van der Waals surface area (Å²) in [5.41, 5.74) is 0.917. The molecule has 0 heterocycles. The fourth-order valence-electron chi connectivity index (χ4n) is 2.35. The molecule has 0 spiro atoms. The Morgan fingerprint density at radius 1 is 1.11 bits per heavy atom. The molecule has 0 atom stereocenters. The van der Waals surface area contributed by atoms with Crippen molar-refractivity contribution in [1.82, 2.24) is 5.32 Å². The number of methoxy groups -OCH3 is 1. The van der Waals surface area contributed by atoms with Crippen molar-refractivity contribution in [1.29, 1.82) is 0 Å². The predicted molar refractivity (Wildman–Crippen MR) is 98.2 cm³/mol. The lowest BCUT2D eigenvalue weighted by atomic mass is 10.2. The summed E-state index contributed by atoms with van der Waals surface area (Å²) < 4.78 is 51.9. The zero-order chi connectivity index (χ0) is 20.6. The number of alkyl halides is 3. The first-order valence-corrected chi connectivity index (χ1v) is 8.42. The monoisotopic (exact) mass is 395 g/mol. The molecular formula is C20H20F3NO4. The summed E-state index contributed by atoms with van der Waals surface area (Å²) in [6.07, 6.45) is -2.40. The highest BCUT2D eigenvalue weighted by atomic mass is 19.4. The molecule has 2 aromatic rings. The van der Waals surface area contributed by atoms with Gasteiger partial charge in [0.25, 0.3) is 0 Å². The Kier molecular flexibility index (Phi) is 7.31. The van der Waals surface area contributed by atoms with Gasteiger partial charge in [-0.2, -0.15) is 0 Å². The van der Waals surface area contributed by atoms with Crippen LogP contribution in [0.1, 0.15) is 18.1 Å². The lowest BCUT2D eigenvalue weighted by Crippen LogP contribution is -2.20. The van der Waals surface area contributed by atoms with Crippen molar-refractivity contribution in [2.75, 3.05) is 13.7 Å². The quantitative estimate of drug-likeness (QED) is 0.677. The van der Waals surface area contributed by atoms with Gasteiger partial charge in [-0.15, -0.1) is 13.2 Å². The van der Waals surface area contributed by atoms with E-state index in [4.69, 9.17) is 9.47 Å². The molecular weight excluding hydrogens is 375 g/mol. The van der Waals surface area contributed by atoms with Crippen molar-refractivity contribution in [3.05, 3.63) is 59.7 Å².